The third-order valence-electron chi connectivity index (χ3n) is 10.4. The van der Waals surface area contributed by atoms with Gasteiger partial charge in [0.2, 0.25) is 0 Å². The summed E-state index contributed by atoms with van der Waals surface area (Å²) in [4.78, 5) is 8.62. The number of fused-ring (bicyclic) bond motifs is 2. The minimum atomic E-state index is 0.0586. The van der Waals surface area contributed by atoms with Crippen molar-refractivity contribution in [2.45, 2.75) is 74.7 Å². The molecule has 2 heteroatoms. The lowest BCUT2D eigenvalue weighted by molar-refractivity contribution is 0.471. The summed E-state index contributed by atoms with van der Waals surface area (Å²) >= 11 is 0. The van der Waals surface area contributed by atoms with Crippen LogP contribution in [0.4, 0.5) is 0 Å². The lowest BCUT2D eigenvalue weighted by Crippen LogP contribution is -2.19. The molecule has 51 heavy (non-hydrogen) atoms. The zero-order valence-corrected chi connectivity index (χ0v) is 31.8. The summed E-state index contributed by atoms with van der Waals surface area (Å²) < 4.78 is 0. The van der Waals surface area contributed by atoms with Crippen molar-refractivity contribution in [3.8, 4) is 22.3 Å². The molecule has 0 aliphatic heterocycles. The van der Waals surface area contributed by atoms with Gasteiger partial charge in [-0.05, 0) is 78.3 Å². The highest BCUT2D eigenvalue weighted by molar-refractivity contribution is 5.94. The topological polar surface area (TPSA) is 25.8 Å². The summed E-state index contributed by atoms with van der Waals surface area (Å²) in [6, 6.07) is 27.1. The van der Waals surface area contributed by atoms with Gasteiger partial charge in [0, 0.05) is 44.0 Å². The normalized spacial score (nSPS) is 14.5. The molecule has 0 spiro atoms. The molecule has 2 heterocycles. The van der Waals surface area contributed by atoms with Crippen molar-refractivity contribution >= 4 is 5.57 Å². The highest BCUT2D eigenvalue weighted by Crippen LogP contribution is 2.50. The van der Waals surface area contributed by atoms with E-state index in [0.29, 0.717) is 0 Å². The van der Waals surface area contributed by atoms with Gasteiger partial charge in [0.05, 0.1) is 29.2 Å². The van der Waals surface area contributed by atoms with Crippen molar-refractivity contribution < 1.29 is 0 Å². The van der Waals surface area contributed by atoms with Gasteiger partial charge in [-0.3, -0.25) is 9.97 Å². The molecule has 0 saturated carbocycles. The molecule has 0 fully saturated rings. The molecule has 0 atom stereocenters. The average molecular weight is 665 g/mol. The Hall–Kier alpha value is -5.30. The Bertz CT molecular complexity index is 2140. The van der Waals surface area contributed by atoms with Crippen LogP contribution in [0.25, 0.3) is 27.8 Å². The quantitative estimate of drug-likeness (QED) is 0.139. The molecular formula is C49H48N2. The number of pyridine rings is 2. The smallest absolute Gasteiger partial charge is 0.131 e. The van der Waals surface area contributed by atoms with E-state index in [1.54, 1.807) is 0 Å². The van der Waals surface area contributed by atoms with Gasteiger partial charge in [0.1, 0.15) is 5.57 Å². The van der Waals surface area contributed by atoms with Crippen LogP contribution in [0.5, 0.6) is 0 Å². The Labute approximate surface area is 305 Å². The van der Waals surface area contributed by atoms with Crippen molar-refractivity contribution in [2.24, 2.45) is 5.41 Å². The second-order valence-corrected chi connectivity index (χ2v) is 16.3. The summed E-state index contributed by atoms with van der Waals surface area (Å²) in [7, 11) is 0. The van der Waals surface area contributed by atoms with E-state index in [-0.39, 0.29) is 10.8 Å². The van der Waals surface area contributed by atoms with Crippen LogP contribution in [0.1, 0.15) is 99.9 Å². The minimum absolute atomic E-state index is 0.0586. The second kappa shape index (κ2) is 12.8. The largest absolute Gasteiger partial charge is 0.265 e. The lowest BCUT2D eigenvalue weighted by atomic mass is 9.69. The van der Waals surface area contributed by atoms with Crippen molar-refractivity contribution in [1.82, 2.24) is 9.97 Å². The third-order valence-corrected chi connectivity index (χ3v) is 10.4. The minimum Gasteiger partial charge on any atom is -0.265 e. The number of aromatic nitrogens is 2. The fraction of sp³-hybridized carbons (Fsp3) is 0.245. The molecule has 2 aliphatic carbocycles. The highest BCUT2D eigenvalue weighted by atomic mass is 14.6. The zero-order valence-electron chi connectivity index (χ0n) is 31.8. The van der Waals surface area contributed by atoms with E-state index >= 15 is 0 Å². The molecule has 2 nitrogen and oxygen atoms in total. The predicted octanol–water partition coefficient (Wildman–Crippen LogP) is 12.5. The molecule has 0 bridgehead atoms. The van der Waals surface area contributed by atoms with Gasteiger partial charge in [-0.25, -0.2) is 0 Å². The Balaban J connectivity index is 1.58. The average Bonchev–Trinajstić information content (AvgIpc) is 3.09. The Morgan fingerprint density at radius 1 is 0.549 bits per heavy atom. The molecule has 0 N–H and O–H groups in total. The van der Waals surface area contributed by atoms with Crippen LogP contribution < -0.4 is 0 Å². The van der Waals surface area contributed by atoms with Crippen molar-refractivity contribution in [2.75, 3.05) is 0 Å². The Morgan fingerprint density at radius 2 is 1.00 bits per heavy atom. The molecular weight excluding hydrogens is 617 g/mol. The molecule has 3 aromatic carbocycles. The first kappa shape index (κ1) is 34.2. The molecule has 0 unspecified atom stereocenters. The van der Waals surface area contributed by atoms with E-state index in [1.165, 1.54) is 67.5 Å². The highest BCUT2D eigenvalue weighted by Gasteiger charge is 2.33. The first-order valence-electron chi connectivity index (χ1n) is 18.1. The van der Waals surface area contributed by atoms with Crippen LogP contribution in [0.3, 0.4) is 0 Å². The lowest BCUT2D eigenvalue weighted by Gasteiger charge is -2.39. The van der Waals surface area contributed by atoms with E-state index in [2.05, 4.69) is 170 Å². The number of hydrogen-bond acceptors (Lipinski definition) is 2. The van der Waals surface area contributed by atoms with Gasteiger partial charge in [0.25, 0.3) is 0 Å². The van der Waals surface area contributed by atoms with E-state index in [4.69, 9.17) is 0 Å². The summed E-state index contributed by atoms with van der Waals surface area (Å²) in [5, 5.41) is 0. The predicted molar refractivity (Wildman–Crippen MR) is 214 cm³/mol. The molecule has 0 amide bonds. The van der Waals surface area contributed by atoms with Gasteiger partial charge in [-0.15, -0.1) is 0 Å². The SMILES string of the molecule is CC1=C[C+](C(C)(C)C)C=C(C)C1=C=C1c2cc(-c3ccncc3)ccc2[C-](c2c(C)cc(C(C)(C)C)cc2C)c2ccc(-c3ccncc3)cc21. The van der Waals surface area contributed by atoms with E-state index in [9.17, 15) is 0 Å². The number of benzene rings is 3. The van der Waals surface area contributed by atoms with Gasteiger partial charge in [-0.2, -0.15) is 0 Å². The van der Waals surface area contributed by atoms with E-state index in [0.717, 1.165) is 33.4 Å². The molecule has 254 valence electrons. The first-order valence-corrected chi connectivity index (χ1v) is 18.1. The summed E-state index contributed by atoms with van der Waals surface area (Å²) in [5.74, 6) is 2.62. The van der Waals surface area contributed by atoms with E-state index in [1.807, 2.05) is 24.8 Å². The monoisotopic (exact) mass is 664 g/mol. The van der Waals surface area contributed by atoms with Crippen LogP contribution >= 0.6 is 0 Å². The fourth-order valence-electron chi connectivity index (χ4n) is 7.59. The van der Waals surface area contributed by atoms with Crippen molar-refractivity contribution in [3.63, 3.8) is 0 Å². The zero-order chi connectivity index (χ0) is 36.2. The number of aryl methyl sites for hydroxylation is 2. The maximum atomic E-state index is 4.31. The number of nitrogens with zero attached hydrogens (tertiary/aromatic N) is 2. The molecule has 2 aromatic heterocycles. The molecule has 0 saturated heterocycles. The maximum absolute atomic E-state index is 4.31. The van der Waals surface area contributed by atoms with Gasteiger partial charge < -0.3 is 0 Å². The standard InChI is InChI=1S/C49H48N2/c1-30-23-38(48(5,6)7)24-31(2)42(30)29-45-43-27-36(34-15-19-50-20-16-34)11-13-40(43)47(46-32(3)25-39(26-33(46)4)49(8,9)10)41-14-12-37(28-44(41)45)35-17-21-51-22-18-35/h11-28H,1-10H3. The summed E-state index contributed by atoms with van der Waals surface area (Å²) in [6.45, 7) is 22.8. The van der Waals surface area contributed by atoms with Gasteiger partial charge >= 0.3 is 0 Å². The fourth-order valence-corrected chi connectivity index (χ4v) is 7.59. The van der Waals surface area contributed by atoms with E-state index < -0.39 is 0 Å². The molecule has 2 aliphatic rings. The Kier molecular flexibility index (Phi) is 8.57. The molecule has 0 radical (unpaired) electrons. The first-order chi connectivity index (χ1) is 24.2. The van der Waals surface area contributed by atoms with Crippen LogP contribution in [-0.4, -0.2) is 9.97 Å². The number of rotatable bonds is 3. The molecule has 5 aromatic rings. The van der Waals surface area contributed by atoms with Crippen LogP contribution in [0.2, 0.25) is 0 Å². The Morgan fingerprint density at radius 3 is 1.41 bits per heavy atom. The number of hydrogen-bond donors (Lipinski definition) is 0. The maximum Gasteiger partial charge on any atom is 0.131 e. The van der Waals surface area contributed by atoms with Crippen LogP contribution in [-0.2, 0) is 5.41 Å². The van der Waals surface area contributed by atoms with Crippen LogP contribution in [0.15, 0.2) is 132 Å². The summed E-state index contributed by atoms with van der Waals surface area (Å²) in [5.41, 5.74) is 23.7. The summed E-state index contributed by atoms with van der Waals surface area (Å²) in [6.07, 6.45) is 12.2. The van der Waals surface area contributed by atoms with Crippen molar-refractivity contribution in [3.05, 3.63) is 189 Å². The van der Waals surface area contributed by atoms with Gasteiger partial charge in [-0.1, -0.05) is 139 Å². The van der Waals surface area contributed by atoms with Crippen molar-refractivity contribution in [1.29, 1.82) is 0 Å². The molecule has 7 rings (SSSR count). The van der Waals surface area contributed by atoms with Crippen LogP contribution in [0, 0.1) is 31.1 Å². The number of allylic oxidation sites excluding steroid dienone is 5. The second-order valence-electron chi connectivity index (χ2n) is 16.3. The third kappa shape index (κ3) is 6.42. The van der Waals surface area contributed by atoms with Gasteiger partial charge in [0.15, 0.2) is 0 Å².